The fourth-order valence-electron chi connectivity index (χ4n) is 15.1. The number of hydrogen-bond acceptors (Lipinski definition) is 17. The number of para-hydroxylation sites is 1. The molecule has 0 fully saturated rings. The average Bonchev–Trinajstić information content (AvgIpc) is 0.785. The van der Waals surface area contributed by atoms with Crippen molar-refractivity contribution in [1.82, 2.24) is 40.8 Å². The Balaban J connectivity index is 0.000000275. The van der Waals surface area contributed by atoms with Crippen LogP contribution in [0.5, 0.6) is 28.7 Å². The third-order valence-corrected chi connectivity index (χ3v) is 34.1. The highest BCUT2D eigenvalue weighted by Gasteiger charge is 2.54. The lowest BCUT2D eigenvalue weighted by atomic mass is 10.0. The highest BCUT2D eigenvalue weighted by Crippen LogP contribution is 2.48. The number of fused-ring (bicyclic) bond motifs is 5. The quantitative estimate of drug-likeness (QED) is 0.0224. The number of nitrogens with one attached hydrogen (secondary N) is 6. The van der Waals surface area contributed by atoms with Crippen LogP contribution < -0.4 is 67.6 Å². The van der Waals surface area contributed by atoms with Crippen LogP contribution in [0, 0.1) is 23.3 Å². The summed E-state index contributed by atoms with van der Waals surface area (Å²) in [7, 11) is -5.84. The summed E-state index contributed by atoms with van der Waals surface area (Å²) in [6, 6.07) is 71.5. The molecule has 5 heterocycles. The zero-order valence-corrected chi connectivity index (χ0v) is 79.7. The number of phenolic OH excluding ortho intramolecular Hbond substituents is 2. The smallest absolute Gasteiger partial charge is 0.533 e. The number of aromatic nitrogens is 8. The van der Waals surface area contributed by atoms with Gasteiger partial charge in [-0.15, -0.1) is 10.2 Å². The molecule has 23 nitrogen and oxygen atoms in total. The zero-order chi connectivity index (χ0) is 97.4. The molecule has 4 aromatic heterocycles. The summed E-state index contributed by atoms with van der Waals surface area (Å²) in [5, 5.41) is 55.1. The van der Waals surface area contributed by atoms with Crippen LogP contribution in [-0.4, -0.2) is 92.3 Å². The number of phenols is 2. The minimum Gasteiger partial charge on any atom is -0.533 e. The van der Waals surface area contributed by atoms with E-state index in [9.17, 15) is 52.2 Å². The molecule has 0 saturated heterocycles. The van der Waals surface area contributed by atoms with Gasteiger partial charge in [0.25, 0.3) is 33.4 Å². The SMILES string of the molecule is C.C.C.C.C.C.C.CC(C)(C)[Si](Oc1cccc(F)c1-c1cc2c(=O)[nH][nH]c(=O)c2cc1Cl)(c1ccccc1)c1ccccc1.CC(C)(C)[Si](Oc1cccc(F)c1-c1cc2c(Cl)nnc(Cl)c2cc1Cl)(c1ccccc1)c1ccccc1.O=C1OC(=O)c2cc(Cl)c(Cl)cc21.O=c1[nH][nH]c(=O)c2cc(-c3c(O)cccc3F)c(Cl)cc12.O=c1[nH][nH]c(=O)c2cc(Cl)c(Cl)cc12.O[B]Oc1c(O)cccc1F. The predicted molar refractivity (Wildman–Crippen MR) is 575 cm³/mol. The number of nitrogens with zero attached hydrogens (tertiary/aromatic N) is 2. The second kappa shape index (κ2) is 49.6. The van der Waals surface area contributed by atoms with Crippen molar-refractivity contribution in [2.75, 3.05) is 0 Å². The minimum absolute atomic E-state index is 0. The van der Waals surface area contributed by atoms with Crippen molar-refractivity contribution in [3.05, 3.63) is 397 Å². The summed E-state index contributed by atoms with van der Waals surface area (Å²) in [5.41, 5.74) is -1.46. The highest BCUT2D eigenvalue weighted by atomic mass is 35.5. The molecule has 9 N–H and O–H groups in total. The molecule has 0 spiro atoms. The van der Waals surface area contributed by atoms with E-state index in [1.807, 2.05) is 72.8 Å². The maximum atomic E-state index is 15.8. The number of halogens is 13. The predicted octanol–water partition coefficient (Wildman–Crippen LogP) is 25.0. The van der Waals surface area contributed by atoms with Gasteiger partial charge in [-0.2, -0.15) is 0 Å². The molecule has 13 aromatic carbocycles. The number of aromatic amines is 6. The number of benzene rings is 13. The fraction of sp³-hybridized carbons (Fsp3) is 0.146. The van der Waals surface area contributed by atoms with Crippen molar-refractivity contribution in [2.45, 2.75) is 104 Å². The third kappa shape index (κ3) is 24.6. The second-order valence-corrected chi connectivity index (χ2v) is 43.7. The zero-order valence-electron chi connectivity index (χ0n) is 70.9. The maximum absolute atomic E-state index is 15.8. The van der Waals surface area contributed by atoms with Gasteiger partial charge >= 0.3 is 36.3 Å². The molecular formula is C103H97BCl9F4N8O15Si2. The Morgan fingerprint density at radius 1 is 0.310 bits per heavy atom. The van der Waals surface area contributed by atoms with E-state index in [0.29, 0.717) is 40.5 Å². The first-order chi connectivity index (χ1) is 64.2. The largest absolute Gasteiger partial charge is 0.569 e. The van der Waals surface area contributed by atoms with Crippen molar-refractivity contribution < 1.29 is 60.6 Å². The fourth-order valence-corrected chi connectivity index (χ4v) is 25.8. The Kier molecular flexibility index (Phi) is 41.1. The lowest BCUT2D eigenvalue weighted by molar-refractivity contribution is 0.0443. The second-order valence-electron chi connectivity index (χ2n) is 31.6. The molecule has 0 saturated carbocycles. The van der Waals surface area contributed by atoms with E-state index in [0.717, 1.165) is 32.9 Å². The number of cyclic esters (lactones) is 2. The van der Waals surface area contributed by atoms with Gasteiger partial charge in [0.2, 0.25) is 0 Å². The number of rotatable bonds is 13. The Morgan fingerprint density at radius 3 is 0.866 bits per heavy atom. The molecule has 1 aliphatic heterocycles. The van der Waals surface area contributed by atoms with Gasteiger partial charge in [0.1, 0.15) is 34.7 Å². The number of aromatic hydroxyl groups is 2. The Labute approximate surface area is 861 Å². The van der Waals surface area contributed by atoms with Crippen LogP contribution in [0.3, 0.4) is 0 Å². The molecule has 1 radical (unpaired) electrons. The van der Waals surface area contributed by atoms with E-state index in [1.54, 1.807) is 36.4 Å². The van der Waals surface area contributed by atoms with Gasteiger partial charge in [-0.1, -0.05) is 344 Å². The minimum atomic E-state index is -3.10. The molecule has 142 heavy (non-hydrogen) atoms. The van der Waals surface area contributed by atoms with E-state index in [4.69, 9.17) is 123 Å². The molecule has 17 aromatic rings. The lowest BCUT2D eigenvalue weighted by Crippen LogP contribution is -2.68. The number of ether oxygens (including phenoxy) is 1. The Hall–Kier alpha value is -13.1. The van der Waals surface area contributed by atoms with Gasteiger partial charge in [-0.05, 0) is 140 Å². The molecule has 1 aliphatic rings. The number of carbonyl (C=O) groups excluding carboxylic acids is 2. The summed E-state index contributed by atoms with van der Waals surface area (Å²) in [6.07, 6.45) is 0. The molecule has 741 valence electrons. The number of esters is 2. The number of carbonyl (C=O) groups is 2. The molecule has 0 bridgehead atoms. The molecule has 0 unspecified atom stereocenters. The van der Waals surface area contributed by atoms with Crippen LogP contribution in [0.2, 0.25) is 55.5 Å². The first-order valence-electron chi connectivity index (χ1n) is 40.0. The van der Waals surface area contributed by atoms with Crippen molar-refractivity contribution in [2.24, 2.45) is 0 Å². The monoisotopic (exact) mass is 2140 g/mol. The maximum Gasteiger partial charge on any atom is 0.569 e. The van der Waals surface area contributed by atoms with Gasteiger partial charge in [0, 0.05) is 42.5 Å². The Morgan fingerprint density at radius 2 is 0.563 bits per heavy atom. The molecule has 0 atom stereocenters. The summed E-state index contributed by atoms with van der Waals surface area (Å²) in [4.78, 5) is 92.8. The molecule has 39 heteroatoms. The summed E-state index contributed by atoms with van der Waals surface area (Å²) in [6.45, 7) is 12.9. The van der Waals surface area contributed by atoms with Crippen molar-refractivity contribution in [3.63, 3.8) is 0 Å². The van der Waals surface area contributed by atoms with Gasteiger partial charge < -0.3 is 33.5 Å². The van der Waals surface area contributed by atoms with Crippen molar-refractivity contribution in [3.8, 4) is 62.1 Å². The third-order valence-electron chi connectivity index (χ3n) is 21.3. The lowest BCUT2D eigenvalue weighted by Gasteiger charge is -2.43. The van der Waals surface area contributed by atoms with Crippen LogP contribution in [0.4, 0.5) is 17.6 Å². The standard InChI is InChI=1S/C30H24Cl3FN2OSi.C30H26ClFN2O3Si.C14H8ClFN2O3.C8H4Cl2N2O2.C8H2Cl2O3.C6H5BFO3.7CH4/c1-30(2,3)38(19-11-6-4-7-12-19,20-13-8-5-9-14-20)37-26-16-10-15-25(34)27(26)23-17-21-22(18-24(23)31)29(33)36-35-28(21)32;1-30(2,3)38(19-11-6-4-7-12-19,20-13-8-5-9-14-20)37-26-16-10-15-25(32)27(26)23-17-21-22(18-24(23)31)29(36)34-33-28(21)35;15-9-5-7-6(13(20)17-18-14(7)21)4-8(9)12-10(16)2-1-3-11(12)19;9-5-1-3-4(2-6(5)10)8(14)12-11-7(3)13;9-5-1-3-4(2-6(5)10)8(12)13-7(3)11;8-4-2-1-3-5(9)6(4)11-7-10;;;;;;;/h4-18H,1-3H3;4-18H,1-3H3,(H,33,35)(H,34,36);1-5,19H,(H,17,20)(H,18,21);1-2H,(H,11,13)(H,12,14);1-2H;1-3,9-10H;7*1H4. The molecule has 18 rings (SSSR count). The van der Waals surface area contributed by atoms with Crippen LogP contribution in [0.15, 0.2) is 284 Å². The average molecular weight is 2150 g/mol. The van der Waals surface area contributed by atoms with E-state index >= 15 is 8.78 Å². The van der Waals surface area contributed by atoms with Crippen LogP contribution in [0.1, 0.15) is 114 Å². The van der Waals surface area contributed by atoms with Gasteiger partial charge in [-0.25, -0.2) is 27.2 Å². The highest BCUT2D eigenvalue weighted by molar-refractivity contribution is 7.00. The topological polar surface area (TPSA) is 355 Å². The van der Waals surface area contributed by atoms with E-state index in [2.05, 4.69) is 140 Å². The Bertz CT molecular complexity index is 7640. The summed E-state index contributed by atoms with van der Waals surface area (Å²) < 4.78 is 80.9. The van der Waals surface area contributed by atoms with E-state index in [1.165, 1.54) is 84.9 Å². The van der Waals surface area contributed by atoms with Crippen molar-refractivity contribution >= 4 is 205 Å². The van der Waals surface area contributed by atoms with Crippen LogP contribution in [-0.2, 0) is 4.74 Å². The van der Waals surface area contributed by atoms with Crippen LogP contribution in [0.25, 0.3) is 76.5 Å². The number of H-pyrrole nitrogens is 6. The first-order valence-corrected chi connectivity index (χ1v) is 47.2. The summed E-state index contributed by atoms with van der Waals surface area (Å²) >= 11 is 54.8. The summed E-state index contributed by atoms with van der Waals surface area (Å²) in [5.74, 6) is -4.13. The van der Waals surface area contributed by atoms with E-state index in [-0.39, 0.29) is 191 Å². The molecule has 0 aliphatic carbocycles. The van der Waals surface area contributed by atoms with Gasteiger partial charge in [0.05, 0.1) is 80.2 Å². The van der Waals surface area contributed by atoms with Gasteiger partial charge in [-0.3, -0.25) is 59.4 Å². The molecular weight excluding hydrogens is 2050 g/mol. The first kappa shape index (κ1) is 118. The molecule has 0 amide bonds. The van der Waals surface area contributed by atoms with Crippen molar-refractivity contribution in [1.29, 1.82) is 0 Å². The van der Waals surface area contributed by atoms with E-state index < -0.39 is 85.2 Å². The number of hydrogen-bond donors (Lipinski definition) is 9. The normalized spacial score (nSPS) is 11.2. The van der Waals surface area contributed by atoms with Crippen LogP contribution >= 0.6 is 104 Å². The van der Waals surface area contributed by atoms with Gasteiger partial charge in [0.15, 0.2) is 27.6 Å².